The van der Waals surface area contributed by atoms with Crippen molar-refractivity contribution in [1.29, 1.82) is 0 Å². The molecule has 0 aliphatic heterocycles. The van der Waals surface area contributed by atoms with Gasteiger partial charge in [0.2, 0.25) is 0 Å². The van der Waals surface area contributed by atoms with E-state index < -0.39 is 0 Å². The highest BCUT2D eigenvalue weighted by Gasteiger charge is 2.55. The predicted octanol–water partition coefficient (Wildman–Crippen LogP) is 5.44. The highest BCUT2D eigenvalue weighted by Crippen LogP contribution is 2.65. The van der Waals surface area contributed by atoms with Crippen LogP contribution in [0, 0.1) is 28.6 Å². The Balaban J connectivity index is 1.60. The Kier molecular flexibility index (Phi) is 3.75. The first-order valence-electron chi connectivity index (χ1n) is 9.90. The Morgan fingerprint density at radius 2 is 2.00 bits per heavy atom. The molecule has 0 saturated heterocycles. The molecule has 0 amide bonds. The van der Waals surface area contributed by atoms with Crippen LogP contribution in [0.1, 0.15) is 72.1 Å². The third-order valence-electron chi connectivity index (χ3n) is 8.27. The van der Waals surface area contributed by atoms with E-state index >= 15 is 0 Å². The molecule has 0 aromatic heterocycles. The van der Waals surface area contributed by atoms with Crippen molar-refractivity contribution in [2.75, 3.05) is 0 Å². The van der Waals surface area contributed by atoms with Crippen LogP contribution < -0.4 is 0 Å². The number of esters is 1. The molecule has 4 rings (SSSR count). The largest absolute Gasteiger partial charge is 0.463 e. The van der Waals surface area contributed by atoms with Crippen LogP contribution in [0.15, 0.2) is 23.8 Å². The highest BCUT2D eigenvalue weighted by atomic mass is 16.5. The normalized spacial score (nSPS) is 47.3. The molecular weight excluding hydrogens is 296 g/mol. The van der Waals surface area contributed by atoms with Gasteiger partial charge in [0.25, 0.3) is 0 Å². The molecular formula is C22H32O2. The van der Waals surface area contributed by atoms with Crippen LogP contribution in [0.5, 0.6) is 0 Å². The van der Waals surface area contributed by atoms with E-state index in [2.05, 4.69) is 26.5 Å². The molecule has 4 aliphatic carbocycles. The quantitative estimate of drug-likeness (QED) is 0.473. The average Bonchev–Trinajstić information content (AvgIpc) is 2.83. The summed E-state index contributed by atoms with van der Waals surface area (Å²) < 4.78 is 5.55. The molecule has 3 fully saturated rings. The molecule has 3 saturated carbocycles. The van der Waals surface area contributed by atoms with Crippen molar-refractivity contribution in [3.05, 3.63) is 23.8 Å². The summed E-state index contributed by atoms with van der Waals surface area (Å²) in [5.74, 6) is 2.16. The maximum atomic E-state index is 11.3. The van der Waals surface area contributed by atoms with E-state index in [0.29, 0.717) is 16.7 Å². The number of rotatable bonds is 1. The number of carbonyl (C=O) groups is 1. The maximum absolute atomic E-state index is 11.3. The molecule has 2 heteroatoms. The van der Waals surface area contributed by atoms with Gasteiger partial charge in [-0.25, -0.2) is 0 Å². The first-order chi connectivity index (χ1) is 11.3. The molecule has 0 radical (unpaired) electrons. The Morgan fingerprint density at radius 1 is 1.21 bits per heavy atom. The summed E-state index contributed by atoms with van der Waals surface area (Å²) in [6.45, 7) is 10.9. The molecule has 0 aromatic rings. The third kappa shape index (κ3) is 2.24. The van der Waals surface area contributed by atoms with Crippen LogP contribution in [0.3, 0.4) is 0 Å². The Morgan fingerprint density at radius 3 is 2.75 bits per heavy atom. The van der Waals surface area contributed by atoms with Gasteiger partial charge in [-0.3, -0.25) is 4.79 Å². The summed E-state index contributed by atoms with van der Waals surface area (Å²) in [6, 6.07) is 0. The van der Waals surface area contributed by atoms with E-state index in [1.807, 2.05) is 0 Å². The lowest BCUT2D eigenvalue weighted by Gasteiger charge is -2.56. The van der Waals surface area contributed by atoms with Crippen LogP contribution in [0.25, 0.3) is 0 Å². The number of fused-ring (bicyclic) bond motifs is 5. The van der Waals surface area contributed by atoms with Gasteiger partial charge in [-0.15, -0.1) is 0 Å². The van der Waals surface area contributed by atoms with Crippen molar-refractivity contribution in [2.45, 2.75) is 78.2 Å². The molecule has 2 unspecified atom stereocenters. The van der Waals surface area contributed by atoms with Gasteiger partial charge in [0, 0.05) is 6.92 Å². The van der Waals surface area contributed by atoms with Crippen LogP contribution in [-0.4, -0.2) is 12.1 Å². The van der Waals surface area contributed by atoms with E-state index in [9.17, 15) is 4.79 Å². The average molecular weight is 328 g/mol. The monoisotopic (exact) mass is 328 g/mol. The molecule has 0 bridgehead atoms. The van der Waals surface area contributed by atoms with Crippen molar-refractivity contribution in [3.8, 4) is 0 Å². The fourth-order valence-electron chi connectivity index (χ4n) is 6.74. The number of ether oxygens (including phenoxy) is 1. The Labute approximate surface area is 146 Å². The van der Waals surface area contributed by atoms with Gasteiger partial charge in [0.1, 0.15) is 6.10 Å². The van der Waals surface area contributed by atoms with Crippen molar-refractivity contribution in [1.82, 2.24) is 0 Å². The first kappa shape index (κ1) is 16.4. The van der Waals surface area contributed by atoms with Crippen LogP contribution in [0.2, 0.25) is 0 Å². The molecule has 0 aromatic carbocycles. The summed E-state index contributed by atoms with van der Waals surface area (Å²) in [5.41, 5.74) is 3.95. The minimum atomic E-state index is -0.116. The number of carbonyl (C=O) groups excluding carboxylic acids is 1. The Hall–Kier alpha value is -1.05. The van der Waals surface area contributed by atoms with E-state index in [1.165, 1.54) is 44.1 Å². The van der Waals surface area contributed by atoms with Gasteiger partial charge in [0.15, 0.2) is 0 Å². The van der Waals surface area contributed by atoms with Gasteiger partial charge in [-0.1, -0.05) is 37.6 Å². The predicted molar refractivity (Wildman–Crippen MR) is 96.4 cm³/mol. The maximum Gasteiger partial charge on any atom is 0.302 e. The van der Waals surface area contributed by atoms with Crippen molar-refractivity contribution < 1.29 is 9.53 Å². The van der Waals surface area contributed by atoms with Crippen LogP contribution >= 0.6 is 0 Å². The summed E-state index contributed by atoms with van der Waals surface area (Å²) in [4.78, 5) is 11.3. The van der Waals surface area contributed by atoms with Crippen molar-refractivity contribution in [3.63, 3.8) is 0 Å². The standard InChI is InChI=1S/C22H32O2/c1-14-5-8-19-18-7-6-16-13-17(24-15(2)23)9-11-22(16,4)20(18)10-12-21(14,19)3/h10,16-19H,1,5-9,11-13H2,2-4H3/t16-,17-,18?,19?,21-,22+/m1/s1. The molecule has 4 aliphatic rings. The molecule has 24 heavy (non-hydrogen) atoms. The minimum Gasteiger partial charge on any atom is -0.463 e. The zero-order valence-corrected chi connectivity index (χ0v) is 15.6. The van der Waals surface area contributed by atoms with Gasteiger partial charge >= 0.3 is 5.97 Å². The lowest BCUT2D eigenvalue weighted by atomic mass is 9.49. The van der Waals surface area contributed by atoms with Crippen LogP contribution in [0.4, 0.5) is 0 Å². The van der Waals surface area contributed by atoms with Gasteiger partial charge in [0.05, 0.1) is 0 Å². The smallest absolute Gasteiger partial charge is 0.302 e. The fourth-order valence-corrected chi connectivity index (χ4v) is 6.74. The second-order valence-electron chi connectivity index (χ2n) is 9.33. The van der Waals surface area contributed by atoms with Gasteiger partial charge in [-0.2, -0.15) is 0 Å². The third-order valence-corrected chi connectivity index (χ3v) is 8.27. The van der Waals surface area contributed by atoms with Crippen molar-refractivity contribution >= 4 is 5.97 Å². The molecule has 2 nitrogen and oxygen atoms in total. The van der Waals surface area contributed by atoms with Gasteiger partial charge in [-0.05, 0) is 80.0 Å². The molecule has 6 atom stereocenters. The SMILES string of the molecule is C=C1CCC2C3CC[C@@H]4C[C@H](OC(C)=O)CC[C@]4(C)C3=CC[C@]12C. The number of hydrogen-bond donors (Lipinski definition) is 0. The lowest BCUT2D eigenvalue weighted by molar-refractivity contribution is -0.151. The minimum absolute atomic E-state index is 0.116. The molecule has 0 heterocycles. The Bertz CT molecular complexity index is 603. The topological polar surface area (TPSA) is 26.3 Å². The highest BCUT2D eigenvalue weighted by molar-refractivity contribution is 5.66. The van der Waals surface area contributed by atoms with E-state index in [0.717, 1.165) is 24.7 Å². The molecule has 0 N–H and O–H groups in total. The zero-order valence-electron chi connectivity index (χ0n) is 15.6. The molecule has 0 spiro atoms. The summed E-state index contributed by atoms with van der Waals surface area (Å²) in [6.07, 6.45) is 12.4. The lowest BCUT2D eigenvalue weighted by Crippen LogP contribution is -2.48. The zero-order chi connectivity index (χ0) is 17.1. The van der Waals surface area contributed by atoms with E-state index in [1.54, 1.807) is 12.5 Å². The summed E-state index contributed by atoms with van der Waals surface area (Å²) in [5, 5.41) is 0. The van der Waals surface area contributed by atoms with E-state index in [4.69, 9.17) is 4.74 Å². The first-order valence-corrected chi connectivity index (χ1v) is 9.90. The number of hydrogen-bond acceptors (Lipinski definition) is 2. The van der Waals surface area contributed by atoms with Crippen molar-refractivity contribution in [2.24, 2.45) is 28.6 Å². The summed E-state index contributed by atoms with van der Waals surface area (Å²) in [7, 11) is 0. The molecule has 132 valence electrons. The van der Waals surface area contributed by atoms with E-state index in [-0.39, 0.29) is 12.1 Å². The van der Waals surface area contributed by atoms with Gasteiger partial charge < -0.3 is 4.74 Å². The summed E-state index contributed by atoms with van der Waals surface area (Å²) >= 11 is 0. The second kappa shape index (κ2) is 5.47. The fraction of sp³-hybridized carbons (Fsp3) is 0.773. The second-order valence-corrected chi connectivity index (χ2v) is 9.33. The van der Waals surface area contributed by atoms with Crippen LogP contribution in [-0.2, 0) is 9.53 Å². The number of allylic oxidation sites excluding steroid dienone is 3.